The predicted molar refractivity (Wildman–Crippen MR) is 114 cm³/mol. The van der Waals surface area contributed by atoms with E-state index < -0.39 is 62.9 Å². The van der Waals surface area contributed by atoms with E-state index in [0.29, 0.717) is 32.1 Å². The van der Waals surface area contributed by atoms with Crippen LogP contribution in [-0.2, 0) is 29.1 Å². The minimum absolute atomic E-state index is 0.109. The van der Waals surface area contributed by atoms with Crippen molar-refractivity contribution in [3.05, 3.63) is 12.2 Å². The number of amides is 4. The first-order valence-corrected chi connectivity index (χ1v) is 12.7. The second-order valence-electron chi connectivity index (χ2n) is 8.83. The lowest BCUT2D eigenvalue weighted by molar-refractivity contribution is -0.146. The van der Waals surface area contributed by atoms with Gasteiger partial charge in [0.25, 0.3) is 11.8 Å². The smallest absolute Gasteiger partial charge is 0.436 e. The molecule has 15 heteroatoms. The average Bonchev–Trinajstić information content (AvgIpc) is 3.21. The van der Waals surface area contributed by atoms with Gasteiger partial charge in [0.2, 0.25) is 5.91 Å². The highest BCUT2D eigenvalue weighted by atomic mass is 32.2. The summed E-state index contributed by atoms with van der Waals surface area (Å²) in [7, 11) is -5.99. The number of sulfonamides is 1. The first-order chi connectivity index (χ1) is 16.3. The molecule has 11 nitrogen and oxygen atoms in total. The van der Waals surface area contributed by atoms with Gasteiger partial charge in [0.1, 0.15) is 11.6 Å². The molecule has 2 heterocycles. The number of halogens is 3. The molecule has 0 spiro atoms. The van der Waals surface area contributed by atoms with E-state index in [-0.39, 0.29) is 25.8 Å². The summed E-state index contributed by atoms with van der Waals surface area (Å²) < 4.78 is 67.4. The van der Waals surface area contributed by atoms with Crippen LogP contribution in [0.3, 0.4) is 0 Å². The number of nitrogens with one attached hydrogen (secondary N) is 2. The summed E-state index contributed by atoms with van der Waals surface area (Å²) in [6.07, 6.45) is 4.01. The van der Waals surface area contributed by atoms with Crippen molar-refractivity contribution in [3.63, 3.8) is 0 Å². The Bertz CT molecular complexity index is 1020. The van der Waals surface area contributed by atoms with E-state index >= 15 is 0 Å². The second kappa shape index (κ2) is 10.0. The summed E-state index contributed by atoms with van der Waals surface area (Å²) in [5, 5.41) is 2.40. The molecule has 4 N–H and O–H groups in total. The summed E-state index contributed by atoms with van der Waals surface area (Å²) in [6.45, 7) is 0.153. The number of rotatable bonds is 3. The molecule has 1 saturated carbocycles. The van der Waals surface area contributed by atoms with Crippen molar-refractivity contribution < 1.29 is 45.5 Å². The fourth-order valence-corrected chi connectivity index (χ4v) is 4.99. The van der Waals surface area contributed by atoms with Gasteiger partial charge in [-0.15, -0.1) is 0 Å². The lowest BCUT2D eigenvalue weighted by Crippen LogP contribution is -2.58. The second-order valence-corrected chi connectivity index (χ2v) is 10.5. The molecule has 35 heavy (non-hydrogen) atoms. The SMILES string of the molecule is NC(=O)OC1CCCCC/C=C\C2CC2(C(=O)NS(=O)(=O)C(F)(F)F)NC(=O)C2CCCN2C1=O. The van der Waals surface area contributed by atoms with Gasteiger partial charge in [-0.1, -0.05) is 18.6 Å². The zero-order valence-corrected chi connectivity index (χ0v) is 19.5. The van der Waals surface area contributed by atoms with Gasteiger partial charge in [0.15, 0.2) is 6.10 Å². The third-order valence-corrected chi connectivity index (χ3v) is 7.44. The minimum Gasteiger partial charge on any atom is -0.436 e. The fourth-order valence-electron chi connectivity index (χ4n) is 4.45. The molecule has 0 radical (unpaired) electrons. The molecular formula is C20H27F3N4O7S. The molecule has 0 bridgehead atoms. The summed E-state index contributed by atoms with van der Waals surface area (Å²) >= 11 is 0. The van der Waals surface area contributed by atoms with Crippen LogP contribution in [0.1, 0.15) is 51.4 Å². The fraction of sp³-hybridized carbons (Fsp3) is 0.700. The van der Waals surface area contributed by atoms with E-state index in [4.69, 9.17) is 10.5 Å². The number of allylic oxidation sites excluding steroid dienone is 1. The number of hydrogen-bond acceptors (Lipinski definition) is 7. The van der Waals surface area contributed by atoms with E-state index in [2.05, 4.69) is 5.32 Å². The van der Waals surface area contributed by atoms with Crippen molar-refractivity contribution in [3.8, 4) is 0 Å². The van der Waals surface area contributed by atoms with E-state index in [9.17, 15) is 40.8 Å². The van der Waals surface area contributed by atoms with E-state index in [0.717, 1.165) is 4.72 Å². The Morgan fingerprint density at radius 3 is 2.54 bits per heavy atom. The number of hydrogen-bond donors (Lipinski definition) is 3. The Kier molecular flexibility index (Phi) is 7.67. The molecule has 1 saturated heterocycles. The van der Waals surface area contributed by atoms with Gasteiger partial charge in [-0.25, -0.2) is 9.52 Å². The van der Waals surface area contributed by atoms with Crippen LogP contribution in [0, 0.1) is 5.92 Å². The molecule has 1 aliphatic carbocycles. The number of nitrogens with two attached hydrogens (primary N) is 1. The van der Waals surface area contributed by atoms with Gasteiger partial charge in [-0.2, -0.15) is 21.6 Å². The number of carbonyl (C=O) groups is 4. The van der Waals surface area contributed by atoms with E-state index in [1.165, 1.54) is 4.90 Å². The lowest BCUT2D eigenvalue weighted by atomic mass is 10.1. The minimum atomic E-state index is -5.99. The number of alkyl halides is 3. The molecule has 4 unspecified atom stereocenters. The molecule has 4 amide bonds. The topological polar surface area (TPSA) is 165 Å². The van der Waals surface area contributed by atoms with Crippen LogP contribution in [0.4, 0.5) is 18.0 Å². The number of carbonyl (C=O) groups excluding carboxylic acids is 4. The third kappa shape index (κ3) is 5.87. The quantitative estimate of drug-likeness (QED) is 0.460. The first kappa shape index (κ1) is 26.8. The van der Waals surface area contributed by atoms with Crippen LogP contribution in [0.15, 0.2) is 12.2 Å². The van der Waals surface area contributed by atoms with Gasteiger partial charge < -0.3 is 20.7 Å². The largest absolute Gasteiger partial charge is 0.516 e. The number of nitrogens with zero attached hydrogens (tertiary/aromatic N) is 1. The van der Waals surface area contributed by atoms with Crippen molar-refractivity contribution in [2.24, 2.45) is 11.7 Å². The van der Waals surface area contributed by atoms with Crippen LogP contribution in [0.2, 0.25) is 0 Å². The Morgan fingerprint density at radius 1 is 1.17 bits per heavy atom. The van der Waals surface area contributed by atoms with Crippen LogP contribution in [-0.4, -0.2) is 66.9 Å². The molecule has 0 aromatic carbocycles. The molecule has 0 aromatic heterocycles. The normalized spacial score (nSPS) is 31.2. The number of primary amides is 1. The monoisotopic (exact) mass is 524 g/mol. The zero-order chi connectivity index (χ0) is 26.0. The van der Waals surface area contributed by atoms with Crippen LogP contribution >= 0.6 is 0 Å². The van der Waals surface area contributed by atoms with Crippen LogP contribution in [0.25, 0.3) is 0 Å². The van der Waals surface area contributed by atoms with Crippen molar-refractivity contribution in [1.82, 2.24) is 14.9 Å². The highest BCUT2D eigenvalue weighted by Crippen LogP contribution is 2.46. The van der Waals surface area contributed by atoms with Crippen molar-refractivity contribution in [2.45, 2.75) is 74.6 Å². The van der Waals surface area contributed by atoms with Gasteiger partial charge in [-0.05, 0) is 44.9 Å². The molecule has 2 fully saturated rings. The molecular weight excluding hydrogens is 497 g/mol. The van der Waals surface area contributed by atoms with Crippen molar-refractivity contribution in [1.29, 1.82) is 0 Å². The first-order valence-electron chi connectivity index (χ1n) is 11.2. The Hall–Kier alpha value is -2.84. The zero-order valence-electron chi connectivity index (χ0n) is 18.7. The van der Waals surface area contributed by atoms with E-state index in [1.807, 2.05) is 0 Å². The van der Waals surface area contributed by atoms with Crippen LogP contribution in [0.5, 0.6) is 0 Å². The summed E-state index contributed by atoms with van der Waals surface area (Å²) in [4.78, 5) is 51.4. The van der Waals surface area contributed by atoms with Crippen molar-refractivity contribution in [2.75, 3.05) is 6.54 Å². The highest BCUT2D eigenvalue weighted by Gasteiger charge is 2.62. The summed E-state index contributed by atoms with van der Waals surface area (Å²) in [6, 6.07) is -1.08. The maximum Gasteiger partial charge on any atom is 0.516 e. The lowest BCUT2D eigenvalue weighted by Gasteiger charge is -2.29. The van der Waals surface area contributed by atoms with Crippen LogP contribution < -0.4 is 15.8 Å². The third-order valence-electron chi connectivity index (χ3n) is 6.38. The molecule has 3 aliphatic rings. The Morgan fingerprint density at radius 2 is 1.89 bits per heavy atom. The Labute approximate surface area is 199 Å². The summed E-state index contributed by atoms with van der Waals surface area (Å²) in [5.41, 5.74) is -2.53. The summed E-state index contributed by atoms with van der Waals surface area (Å²) in [5.74, 6) is -3.69. The molecule has 2 aliphatic heterocycles. The van der Waals surface area contributed by atoms with Gasteiger partial charge >= 0.3 is 21.6 Å². The molecule has 3 rings (SSSR count). The van der Waals surface area contributed by atoms with Gasteiger partial charge in [-0.3, -0.25) is 14.4 Å². The molecule has 196 valence electrons. The highest BCUT2D eigenvalue weighted by molar-refractivity contribution is 7.90. The standard InChI is InChI=1S/C20H27F3N4O7S/c21-20(22,23)35(32,33)26-17(30)19-11-12(19)7-4-2-1-3-5-9-14(34-18(24)31)16(29)27-10-6-8-13(27)15(28)25-19/h4,7,12-14H,1-3,5-6,8-11H2,(H2,24,31)(H,25,28)(H,26,30)/b7-4-. The number of fused-ring (bicyclic) bond motifs is 2. The molecule has 0 aromatic rings. The maximum atomic E-state index is 13.1. The van der Waals surface area contributed by atoms with Crippen molar-refractivity contribution >= 4 is 33.8 Å². The van der Waals surface area contributed by atoms with E-state index in [1.54, 1.807) is 12.2 Å². The molecule has 4 atom stereocenters. The number of ether oxygens (including phenoxy) is 1. The average molecular weight is 525 g/mol. The van der Waals surface area contributed by atoms with Gasteiger partial charge in [0.05, 0.1) is 0 Å². The Balaban J connectivity index is 1.88. The van der Waals surface area contributed by atoms with Gasteiger partial charge in [0, 0.05) is 12.5 Å². The maximum absolute atomic E-state index is 13.1. The predicted octanol–water partition coefficient (Wildman–Crippen LogP) is 0.802.